The monoisotopic (exact) mass is 514 g/mol. The number of esters is 1. The molecule has 1 unspecified atom stereocenters. The Bertz CT molecular complexity index is 1060. The molecule has 1 amide bonds. The molecule has 37 heavy (non-hydrogen) atoms. The third-order valence-electron chi connectivity index (χ3n) is 7.55. The zero-order valence-electron chi connectivity index (χ0n) is 23.2. The van der Waals surface area contributed by atoms with Crippen LogP contribution in [0, 0.1) is 0 Å². The molecule has 0 aromatic carbocycles. The number of nitrogens with zero attached hydrogens (tertiary/aromatic N) is 2. The first-order valence-electron chi connectivity index (χ1n) is 13.6. The van der Waals surface area contributed by atoms with E-state index in [1.165, 1.54) is 7.11 Å². The number of fused-ring (bicyclic) bond motifs is 1. The van der Waals surface area contributed by atoms with Crippen molar-refractivity contribution < 1.29 is 28.2 Å². The molecule has 0 radical (unpaired) electrons. The van der Waals surface area contributed by atoms with Gasteiger partial charge in [-0.2, -0.15) is 0 Å². The highest BCUT2D eigenvalue weighted by molar-refractivity contribution is 6.18. The van der Waals surface area contributed by atoms with E-state index in [9.17, 15) is 9.59 Å². The maximum atomic E-state index is 13.1. The highest BCUT2D eigenvalue weighted by Crippen LogP contribution is 2.41. The van der Waals surface area contributed by atoms with Gasteiger partial charge in [-0.3, -0.25) is 4.90 Å². The molecule has 8 nitrogen and oxygen atoms in total. The first-order valence-corrected chi connectivity index (χ1v) is 13.6. The van der Waals surface area contributed by atoms with Crippen LogP contribution in [0.15, 0.2) is 22.1 Å². The smallest absolute Gasteiger partial charge is 0.410 e. The first kappa shape index (κ1) is 27.5. The fourth-order valence-electron chi connectivity index (χ4n) is 5.80. The fraction of sp³-hybridized carbons (Fsp3) is 0.655. The average molecular weight is 515 g/mol. The number of ether oxygens (including phenoxy) is 3. The number of furan rings is 1. The van der Waals surface area contributed by atoms with Crippen molar-refractivity contribution in [2.45, 2.75) is 84.4 Å². The second-order valence-corrected chi connectivity index (χ2v) is 11.0. The molecule has 1 aliphatic carbocycles. The van der Waals surface area contributed by atoms with Gasteiger partial charge in [-0.25, -0.2) is 9.59 Å². The summed E-state index contributed by atoms with van der Waals surface area (Å²) in [6.07, 6.45) is 5.86. The van der Waals surface area contributed by atoms with Crippen LogP contribution >= 0.6 is 0 Å². The van der Waals surface area contributed by atoms with E-state index < -0.39 is 5.60 Å². The van der Waals surface area contributed by atoms with Gasteiger partial charge in [0.1, 0.15) is 17.1 Å². The lowest BCUT2D eigenvalue weighted by Crippen LogP contribution is -2.48. The molecular formula is C29H42N2O6. The number of methoxy groups -OCH3 is 1. The Hall–Kier alpha value is -2.58. The normalized spacial score (nSPS) is 21.1. The van der Waals surface area contributed by atoms with Crippen LogP contribution in [-0.2, 0) is 25.4 Å². The van der Waals surface area contributed by atoms with Crippen LogP contribution in [-0.4, -0.2) is 79.5 Å². The molecule has 4 rings (SSSR count). The van der Waals surface area contributed by atoms with E-state index in [2.05, 4.69) is 18.7 Å². The maximum absolute atomic E-state index is 13.1. The number of carbonyl (C=O) groups excluding carboxylic acids is 2. The van der Waals surface area contributed by atoms with Crippen LogP contribution < -0.4 is 0 Å². The van der Waals surface area contributed by atoms with Crippen LogP contribution in [0.1, 0.15) is 77.4 Å². The summed E-state index contributed by atoms with van der Waals surface area (Å²) in [6.45, 7) is 13.4. The largest absolute Gasteiger partial charge is 0.465 e. The van der Waals surface area contributed by atoms with Gasteiger partial charge in [-0.15, -0.1) is 0 Å². The molecule has 3 aliphatic rings. The second kappa shape index (κ2) is 11.4. The summed E-state index contributed by atoms with van der Waals surface area (Å²) in [4.78, 5) is 29.8. The molecule has 1 aromatic heterocycles. The number of hydrogen-bond acceptors (Lipinski definition) is 7. The Kier molecular flexibility index (Phi) is 8.49. The molecule has 0 saturated carbocycles. The van der Waals surface area contributed by atoms with Crippen molar-refractivity contribution in [3.05, 3.63) is 34.8 Å². The van der Waals surface area contributed by atoms with E-state index in [1.807, 2.05) is 32.9 Å². The standard InChI is InChI=1S/C29H42N2O6/c1-7-21-23(31(8-2)20-11-15-35-16-12-20)18-25-22(26(21)27(32)34-6)17-24(36-25)19-9-13-30(14-10-19)28(33)37-29(3,4)5/h9,17,20,23H,7-8,10-16,18H2,1-6H3. The second-order valence-electron chi connectivity index (χ2n) is 11.0. The minimum absolute atomic E-state index is 0.0849. The van der Waals surface area contributed by atoms with Crippen molar-refractivity contribution in [2.75, 3.05) is 40.0 Å². The molecule has 0 spiro atoms. The number of rotatable bonds is 6. The van der Waals surface area contributed by atoms with Gasteiger partial charge in [-0.05, 0) is 70.2 Å². The zero-order chi connectivity index (χ0) is 26.7. The summed E-state index contributed by atoms with van der Waals surface area (Å²) < 4.78 is 22.9. The molecule has 2 aliphatic heterocycles. The molecule has 0 bridgehead atoms. The minimum atomic E-state index is -0.525. The number of likely N-dealkylation sites (N-methyl/N-ethyl adjacent to an activating group) is 1. The van der Waals surface area contributed by atoms with Crippen LogP contribution in [0.3, 0.4) is 0 Å². The first-order chi connectivity index (χ1) is 17.7. The topological polar surface area (TPSA) is 81.5 Å². The van der Waals surface area contributed by atoms with Gasteiger partial charge < -0.3 is 23.5 Å². The van der Waals surface area contributed by atoms with Crippen molar-refractivity contribution in [2.24, 2.45) is 0 Å². The van der Waals surface area contributed by atoms with Gasteiger partial charge in [0.2, 0.25) is 0 Å². The molecule has 8 heteroatoms. The highest BCUT2D eigenvalue weighted by Gasteiger charge is 2.38. The lowest BCUT2D eigenvalue weighted by molar-refractivity contribution is -0.133. The molecule has 3 heterocycles. The Labute approximate surface area is 220 Å². The third kappa shape index (κ3) is 5.96. The molecule has 1 aromatic rings. The van der Waals surface area contributed by atoms with Crippen LogP contribution in [0.5, 0.6) is 0 Å². The maximum Gasteiger partial charge on any atom is 0.410 e. The van der Waals surface area contributed by atoms with E-state index in [4.69, 9.17) is 18.6 Å². The quantitative estimate of drug-likeness (QED) is 0.491. The number of amides is 1. The van der Waals surface area contributed by atoms with E-state index in [0.717, 1.165) is 73.7 Å². The molecule has 0 N–H and O–H groups in total. The van der Waals surface area contributed by atoms with Gasteiger partial charge in [0.05, 0.1) is 12.7 Å². The lowest BCUT2D eigenvalue weighted by Gasteiger charge is -2.42. The summed E-state index contributed by atoms with van der Waals surface area (Å²) in [5, 5.41) is 0. The molecular weight excluding hydrogens is 472 g/mol. The summed E-state index contributed by atoms with van der Waals surface area (Å²) in [5.41, 5.74) is 3.12. The van der Waals surface area contributed by atoms with Crippen LogP contribution in [0.2, 0.25) is 0 Å². The van der Waals surface area contributed by atoms with Crippen LogP contribution in [0.4, 0.5) is 4.79 Å². The van der Waals surface area contributed by atoms with E-state index in [0.29, 0.717) is 31.1 Å². The van der Waals surface area contributed by atoms with Crippen molar-refractivity contribution in [3.8, 4) is 0 Å². The average Bonchev–Trinajstić information content (AvgIpc) is 3.31. The van der Waals surface area contributed by atoms with E-state index in [1.54, 1.807) is 4.90 Å². The Morgan fingerprint density at radius 3 is 2.49 bits per heavy atom. The van der Waals surface area contributed by atoms with Gasteiger partial charge in [-0.1, -0.05) is 19.9 Å². The van der Waals surface area contributed by atoms with Gasteiger partial charge in [0.15, 0.2) is 0 Å². The van der Waals surface area contributed by atoms with Crippen molar-refractivity contribution in [1.29, 1.82) is 0 Å². The van der Waals surface area contributed by atoms with Gasteiger partial charge >= 0.3 is 12.1 Å². The summed E-state index contributed by atoms with van der Waals surface area (Å²) >= 11 is 0. The Morgan fingerprint density at radius 2 is 1.92 bits per heavy atom. The van der Waals surface area contributed by atoms with Crippen molar-refractivity contribution >= 4 is 23.2 Å². The molecule has 1 atom stereocenters. The SMILES string of the molecule is CCC1=C(C(=O)OC)c2cc(C3=CCN(C(=O)OC(C)(C)C)CC3)oc2CC1N(CC)C1CCOCC1. The van der Waals surface area contributed by atoms with Gasteiger partial charge in [0, 0.05) is 50.4 Å². The fourth-order valence-corrected chi connectivity index (χ4v) is 5.80. The molecule has 204 valence electrons. The minimum Gasteiger partial charge on any atom is -0.465 e. The summed E-state index contributed by atoms with van der Waals surface area (Å²) in [7, 11) is 1.44. The van der Waals surface area contributed by atoms with Crippen LogP contribution in [0.25, 0.3) is 11.1 Å². The number of hydrogen-bond donors (Lipinski definition) is 0. The Morgan fingerprint density at radius 1 is 1.19 bits per heavy atom. The highest BCUT2D eigenvalue weighted by atomic mass is 16.6. The summed E-state index contributed by atoms with van der Waals surface area (Å²) in [5.74, 6) is 1.28. The van der Waals surface area contributed by atoms with Crippen molar-refractivity contribution in [1.82, 2.24) is 9.80 Å². The van der Waals surface area contributed by atoms with Crippen molar-refractivity contribution in [3.63, 3.8) is 0 Å². The summed E-state index contributed by atoms with van der Waals surface area (Å²) in [6, 6.07) is 2.49. The molecule has 1 saturated heterocycles. The number of carbonyl (C=O) groups is 2. The third-order valence-corrected chi connectivity index (χ3v) is 7.55. The van der Waals surface area contributed by atoms with Gasteiger partial charge in [0.25, 0.3) is 0 Å². The Balaban J connectivity index is 1.63. The predicted molar refractivity (Wildman–Crippen MR) is 142 cm³/mol. The lowest BCUT2D eigenvalue weighted by atomic mass is 9.83. The van der Waals surface area contributed by atoms with E-state index in [-0.39, 0.29) is 18.1 Å². The zero-order valence-corrected chi connectivity index (χ0v) is 23.2. The van der Waals surface area contributed by atoms with E-state index >= 15 is 0 Å². The predicted octanol–water partition coefficient (Wildman–Crippen LogP) is 5.07. The molecule has 1 fully saturated rings.